The molecule has 0 saturated heterocycles. The molecule has 1 saturated carbocycles. The minimum atomic E-state index is -0.479. The number of aromatic hydroxyl groups is 1. The third-order valence-corrected chi connectivity index (χ3v) is 8.63. The molecule has 0 unspecified atom stereocenters. The normalized spacial score (nSPS) is 17.2. The first-order valence-corrected chi connectivity index (χ1v) is 14.6. The van der Waals surface area contributed by atoms with E-state index in [0.29, 0.717) is 19.4 Å². The Morgan fingerprint density at radius 1 is 0.927 bits per heavy atom. The first kappa shape index (κ1) is 27.0. The van der Waals surface area contributed by atoms with Gasteiger partial charge >= 0.3 is 0 Å². The molecular weight excluding hydrogens is 510 g/mol. The van der Waals surface area contributed by atoms with Crippen LogP contribution >= 0.6 is 0 Å². The smallest absolute Gasteiger partial charge is 0.278 e. The number of nitrogens with one attached hydrogen (secondary N) is 1. The molecule has 1 fully saturated rings. The molecule has 0 bridgehead atoms. The summed E-state index contributed by atoms with van der Waals surface area (Å²) in [5, 5.41) is 15.6. The summed E-state index contributed by atoms with van der Waals surface area (Å²) in [5.41, 5.74) is 11.4. The molecule has 2 amide bonds. The van der Waals surface area contributed by atoms with Gasteiger partial charge in [0.25, 0.3) is 5.91 Å². The molecule has 1 aliphatic heterocycles. The van der Waals surface area contributed by atoms with Crippen LogP contribution in [-0.2, 0) is 22.4 Å². The molecule has 6 rings (SSSR count). The van der Waals surface area contributed by atoms with Crippen LogP contribution in [0.4, 0.5) is 5.69 Å². The number of hydrogen-bond acceptors (Lipinski definition) is 3. The van der Waals surface area contributed by atoms with Gasteiger partial charge in [-0.05, 0) is 102 Å². The van der Waals surface area contributed by atoms with Crippen LogP contribution in [0.2, 0.25) is 0 Å². The maximum atomic E-state index is 13.4. The van der Waals surface area contributed by atoms with Gasteiger partial charge in [-0.15, -0.1) is 0 Å². The standard InChI is InChI=1S/C35H37N3O3/c1-21-15-28(39)16-22(2)29(21)20-31(36)34(40)37-32-13-14-38(35(41)26-10-11-26)33-12-8-24(19-30(32)33)17-23-7-9-25-5-3-4-6-27(25)18-23/h3-9,12,15-16,18-19,26,31-32,39H,10-11,13-14,17,20,36H2,1-2H3,(H,37,40)/p+1/t31-,32+/m0/s1. The van der Waals surface area contributed by atoms with E-state index in [0.717, 1.165) is 52.8 Å². The van der Waals surface area contributed by atoms with Crippen LogP contribution in [0.5, 0.6) is 5.75 Å². The minimum Gasteiger partial charge on any atom is -0.508 e. The highest BCUT2D eigenvalue weighted by molar-refractivity contribution is 5.98. The van der Waals surface area contributed by atoms with Crippen LogP contribution in [0.25, 0.3) is 10.8 Å². The summed E-state index contributed by atoms with van der Waals surface area (Å²) in [6.07, 6.45) is 3.86. The molecule has 41 heavy (non-hydrogen) atoms. The molecule has 210 valence electrons. The van der Waals surface area contributed by atoms with Crippen molar-refractivity contribution in [3.8, 4) is 5.75 Å². The predicted octanol–water partition coefficient (Wildman–Crippen LogP) is 4.91. The Balaban J connectivity index is 1.25. The predicted molar refractivity (Wildman–Crippen MR) is 162 cm³/mol. The summed E-state index contributed by atoms with van der Waals surface area (Å²) < 4.78 is 0. The van der Waals surface area contributed by atoms with Crippen molar-refractivity contribution >= 4 is 28.3 Å². The molecule has 2 atom stereocenters. The van der Waals surface area contributed by atoms with Crippen LogP contribution in [-0.4, -0.2) is 29.5 Å². The molecule has 4 aromatic carbocycles. The number of carbonyl (C=O) groups is 2. The Morgan fingerprint density at radius 3 is 2.34 bits per heavy atom. The Kier molecular flexibility index (Phi) is 7.26. The second kappa shape index (κ2) is 11.0. The number of carbonyl (C=O) groups excluding carboxylic acids is 2. The summed E-state index contributed by atoms with van der Waals surface area (Å²) in [4.78, 5) is 28.5. The van der Waals surface area contributed by atoms with Crippen molar-refractivity contribution in [3.05, 3.63) is 106 Å². The van der Waals surface area contributed by atoms with Gasteiger partial charge in [-0.25, -0.2) is 0 Å². The molecule has 4 aromatic rings. The summed E-state index contributed by atoms with van der Waals surface area (Å²) in [6.45, 7) is 4.49. The number of benzene rings is 4. The maximum Gasteiger partial charge on any atom is 0.278 e. The van der Waals surface area contributed by atoms with E-state index >= 15 is 0 Å². The van der Waals surface area contributed by atoms with Crippen LogP contribution in [0.3, 0.4) is 0 Å². The van der Waals surface area contributed by atoms with Crippen LogP contribution in [0.15, 0.2) is 72.8 Å². The number of phenolic OH excluding ortho intramolecular Hbond substituents is 1. The van der Waals surface area contributed by atoms with E-state index in [-0.39, 0.29) is 29.5 Å². The number of fused-ring (bicyclic) bond motifs is 2. The first-order valence-electron chi connectivity index (χ1n) is 14.6. The van der Waals surface area contributed by atoms with E-state index in [4.69, 9.17) is 0 Å². The summed E-state index contributed by atoms with van der Waals surface area (Å²) >= 11 is 0. The van der Waals surface area contributed by atoms with Crippen LogP contribution < -0.4 is 16.0 Å². The minimum absolute atomic E-state index is 0.102. The Morgan fingerprint density at radius 2 is 1.61 bits per heavy atom. The number of rotatable bonds is 7. The first-order chi connectivity index (χ1) is 19.8. The van der Waals surface area contributed by atoms with E-state index in [1.54, 1.807) is 12.1 Å². The lowest BCUT2D eigenvalue weighted by Gasteiger charge is -2.35. The lowest BCUT2D eigenvalue weighted by molar-refractivity contribution is -0.403. The van der Waals surface area contributed by atoms with Gasteiger partial charge in [0.1, 0.15) is 5.75 Å². The lowest BCUT2D eigenvalue weighted by Crippen LogP contribution is -2.68. The fraction of sp³-hybridized carbons (Fsp3) is 0.314. The van der Waals surface area contributed by atoms with Gasteiger partial charge in [0, 0.05) is 24.6 Å². The lowest BCUT2D eigenvalue weighted by atomic mass is 9.91. The van der Waals surface area contributed by atoms with Crippen molar-refractivity contribution in [2.75, 3.05) is 11.4 Å². The third-order valence-electron chi connectivity index (χ3n) is 8.63. The monoisotopic (exact) mass is 548 g/mol. The molecular formula is C35H38N3O3+. The molecule has 0 spiro atoms. The summed E-state index contributed by atoms with van der Waals surface area (Å²) in [6, 6.07) is 24.1. The number of hydrogen-bond donors (Lipinski definition) is 3. The molecule has 1 heterocycles. The zero-order valence-corrected chi connectivity index (χ0v) is 23.8. The zero-order chi connectivity index (χ0) is 28.7. The van der Waals surface area contributed by atoms with Crippen molar-refractivity contribution in [1.29, 1.82) is 0 Å². The quantitative estimate of drug-likeness (QED) is 0.306. The van der Waals surface area contributed by atoms with E-state index in [1.165, 1.54) is 16.3 Å². The second-order valence-electron chi connectivity index (χ2n) is 11.8. The van der Waals surface area contributed by atoms with Gasteiger partial charge in [0.05, 0.1) is 6.04 Å². The van der Waals surface area contributed by atoms with Crippen LogP contribution in [0.1, 0.15) is 58.7 Å². The molecule has 2 aliphatic rings. The molecule has 6 heteroatoms. The van der Waals surface area contributed by atoms with Gasteiger partial charge in [0.2, 0.25) is 5.91 Å². The highest BCUT2D eigenvalue weighted by Gasteiger charge is 2.38. The SMILES string of the molecule is Cc1cc(O)cc(C)c1C[C@H]([NH3+])C(=O)N[C@@H]1CCN(C(=O)C2CC2)c2ccc(Cc3ccc4ccccc4c3)cc21. The molecule has 5 N–H and O–H groups in total. The second-order valence-corrected chi connectivity index (χ2v) is 11.8. The number of phenols is 1. The van der Waals surface area contributed by atoms with Crippen molar-refractivity contribution < 1.29 is 20.4 Å². The van der Waals surface area contributed by atoms with Crippen molar-refractivity contribution in [1.82, 2.24) is 5.32 Å². The van der Waals surface area contributed by atoms with Gasteiger partial charge in [-0.2, -0.15) is 0 Å². The molecule has 0 aromatic heterocycles. The Labute approximate surface area is 241 Å². The van der Waals surface area contributed by atoms with Crippen molar-refractivity contribution in [3.63, 3.8) is 0 Å². The van der Waals surface area contributed by atoms with Gasteiger partial charge in [-0.3, -0.25) is 9.59 Å². The van der Waals surface area contributed by atoms with Gasteiger partial charge < -0.3 is 21.1 Å². The fourth-order valence-corrected chi connectivity index (χ4v) is 6.21. The highest BCUT2D eigenvalue weighted by Crippen LogP contribution is 2.39. The topological polar surface area (TPSA) is 97.3 Å². The number of amides is 2. The number of anilines is 1. The van der Waals surface area contributed by atoms with E-state index < -0.39 is 6.04 Å². The largest absolute Gasteiger partial charge is 0.508 e. The van der Waals surface area contributed by atoms with Crippen LogP contribution in [0, 0.1) is 19.8 Å². The maximum absolute atomic E-state index is 13.4. The highest BCUT2D eigenvalue weighted by atomic mass is 16.3. The zero-order valence-electron chi connectivity index (χ0n) is 23.8. The molecule has 0 radical (unpaired) electrons. The van der Waals surface area contributed by atoms with Gasteiger partial charge in [0.15, 0.2) is 6.04 Å². The summed E-state index contributed by atoms with van der Waals surface area (Å²) in [5.74, 6) is 0.464. The van der Waals surface area contributed by atoms with Crippen molar-refractivity contribution in [2.45, 2.75) is 58.0 Å². The third kappa shape index (κ3) is 5.70. The van der Waals surface area contributed by atoms with Gasteiger partial charge in [-0.1, -0.05) is 54.6 Å². The average molecular weight is 549 g/mol. The van der Waals surface area contributed by atoms with E-state index in [9.17, 15) is 14.7 Å². The fourth-order valence-electron chi connectivity index (χ4n) is 6.21. The number of aryl methyl sites for hydroxylation is 2. The average Bonchev–Trinajstić information content (AvgIpc) is 3.80. The van der Waals surface area contributed by atoms with Crippen molar-refractivity contribution in [2.24, 2.45) is 5.92 Å². The summed E-state index contributed by atoms with van der Waals surface area (Å²) in [7, 11) is 0. The Hall–Kier alpha value is -4.16. The molecule has 1 aliphatic carbocycles. The number of quaternary nitrogens is 1. The Bertz CT molecular complexity index is 1620. The molecule has 6 nitrogen and oxygen atoms in total. The van der Waals surface area contributed by atoms with E-state index in [2.05, 4.69) is 71.7 Å². The van der Waals surface area contributed by atoms with E-state index in [1.807, 2.05) is 18.7 Å². The number of nitrogens with zero attached hydrogens (tertiary/aromatic N) is 1.